The highest BCUT2D eigenvalue weighted by atomic mass is 16.5. The Morgan fingerprint density at radius 3 is 2.00 bits per heavy atom. The summed E-state index contributed by atoms with van der Waals surface area (Å²) >= 11 is 0. The zero-order valence-electron chi connectivity index (χ0n) is 16.5. The van der Waals surface area contributed by atoms with Crippen LogP contribution < -0.4 is 10.5 Å². The van der Waals surface area contributed by atoms with E-state index in [4.69, 9.17) is 10.5 Å². The second kappa shape index (κ2) is 8.11. The SMILES string of the molecule is COc1ccc(-c2nc(-c3ccc(C(N)=O)cc3)nc(-c3ccccc3O)n2)c(O)c1. The number of aromatic hydroxyl groups is 2. The fraction of sp³-hybridized carbons (Fsp3) is 0.0435. The van der Waals surface area contributed by atoms with Crippen molar-refractivity contribution in [3.63, 3.8) is 0 Å². The van der Waals surface area contributed by atoms with E-state index in [1.54, 1.807) is 54.6 Å². The molecule has 0 radical (unpaired) electrons. The number of amides is 1. The van der Waals surface area contributed by atoms with E-state index in [-0.39, 0.29) is 23.1 Å². The first kappa shape index (κ1) is 19.8. The number of carbonyl (C=O) groups is 1. The third-order valence-electron chi connectivity index (χ3n) is 4.65. The average molecular weight is 414 g/mol. The number of nitrogens with zero attached hydrogens (tertiary/aromatic N) is 3. The van der Waals surface area contributed by atoms with E-state index in [0.29, 0.717) is 33.8 Å². The standard InChI is InChI=1S/C23H18N4O4/c1-31-15-10-11-17(19(29)12-15)23-26-21(14-8-6-13(7-9-14)20(24)30)25-22(27-23)16-4-2-3-5-18(16)28/h2-12,28-29H,1H3,(H2,24,30). The number of methoxy groups -OCH3 is 1. The molecule has 0 atom stereocenters. The number of nitrogens with two attached hydrogens (primary N) is 1. The van der Waals surface area contributed by atoms with Crippen LogP contribution in [-0.4, -0.2) is 38.2 Å². The highest BCUT2D eigenvalue weighted by molar-refractivity contribution is 5.93. The van der Waals surface area contributed by atoms with E-state index >= 15 is 0 Å². The Labute approximate surface area is 177 Å². The zero-order valence-corrected chi connectivity index (χ0v) is 16.5. The number of primary amides is 1. The maximum Gasteiger partial charge on any atom is 0.248 e. The number of aromatic nitrogens is 3. The molecule has 0 saturated heterocycles. The maximum atomic E-state index is 11.4. The van der Waals surface area contributed by atoms with Crippen molar-refractivity contribution in [1.29, 1.82) is 0 Å². The Hall–Kier alpha value is -4.46. The topological polar surface area (TPSA) is 131 Å². The number of hydrogen-bond donors (Lipinski definition) is 3. The minimum atomic E-state index is -0.541. The summed E-state index contributed by atoms with van der Waals surface area (Å²) < 4.78 is 5.13. The molecule has 8 heteroatoms. The lowest BCUT2D eigenvalue weighted by molar-refractivity contribution is 0.100. The van der Waals surface area contributed by atoms with Gasteiger partial charge < -0.3 is 20.7 Å². The Kier molecular flexibility index (Phi) is 5.19. The van der Waals surface area contributed by atoms with Crippen LogP contribution >= 0.6 is 0 Å². The van der Waals surface area contributed by atoms with Gasteiger partial charge in [0.2, 0.25) is 5.91 Å². The monoisotopic (exact) mass is 414 g/mol. The Balaban J connectivity index is 1.91. The molecule has 0 spiro atoms. The van der Waals surface area contributed by atoms with E-state index in [1.165, 1.54) is 19.2 Å². The van der Waals surface area contributed by atoms with Crippen LogP contribution in [-0.2, 0) is 0 Å². The van der Waals surface area contributed by atoms with Crippen LogP contribution in [0.5, 0.6) is 17.2 Å². The molecule has 4 aromatic rings. The summed E-state index contributed by atoms with van der Waals surface area (Å²) in [6, 6.07) is 17.9. The summed E-state index contributed by atoms with van der Waals surface area (Å²) in [7, 11) is 1.50. The van der Waals surface area contributed by atoms with Crippen molar-refractivity contribution < 1.29 is 19.7 Å². The molecular weight excluding hydrogens is 396 g/mol. The molecule has 0 aliphatic carbocycles. The lowest BCUT2D eigenvalue weighted by Crippen LogP contribution is -2.10. The molecule has 0 unspecified atom stereocenters. The Morgan fingerprint density at radius 2 is 1.42 bits per heavy atom. The molecule has 1 aromatic heterocycles. The van der Waals surface area contributed by atoms with Gasteiger partial charge in [0.05, 0.1) is 18.2 Å². The van der Waals surface area contributed by atoms with Crippen LogP contribution in [0, 0.1) is 0 Å². The van der Waals surface area contributed by atoms with Gasteiger partial charge in [-0.15, -0.1) is 0 Å². The minimum absolute atomic E-state index is 0.00799. The molecule has 0 aliphatic heterocycles. The normalized spacial score (nSPS) is 10.6. The number of carbonyl (C=O) groups excluding carboxylic acids is 1. The van der Waals surface area contributed by atoms with Gasteiger partial charge in [0.25, 0.3) is 0 Å². The summed E-state index contributed by atoms with van der Waals surface area (Å²) in [5, 5.41) is 20.8. The van der Waals surface area contributed by atoms with Gasteiger partial charge in [0.1, 0.15) is 17.2 Å². The molecule has 8 nitrogen and oxygen atoms in total. The van der Waals surface area contributed by atoms with Crippen molar-refractivity contribution in [3.05, 3.63) is 72.3 Å². The lowest BCUT2D eigenvalue weighted by Gasteiger charge is -2.11. The maximum absolute atomic E-state index is 11.4. The molecular formula is C23H18N4O4. The van der Waals surface area contributed by atoms with Crippen molar-refractivity contribution in [2.24, 2.45) is 5.73 Å². The van der Waals surface area contributed by atoms with Gasteiger partial charge in [-0.05, 0) is 36.4 Å². The first-order valence-corrected chi connectivity index (χ1v) is 9.28. The smallest absolute Gasteiger partial charge is 0.248 e. The Morgan fingerprint density at radius 1 is 0.806 bits per heavy atom. The van der Waals surface area contributed by atoms with Crippen LogP contribution in [0.1, 0.15) is 10.4 Å². The Bertz CT molecular complexity index is 1270. The largest absolute Gasteiger partial charge is 0.507 e. The van der Waals surface area contributed by atoms with Gasteiger partial charge in [0.15, 0.2) is 17.5 Å². The van der Waals surface area contributed by atoms with Gasteiger partial charge in [-0.3, -0.25) is 4.79 Å². The second-order valence-corrected chi connectivity index (χ2v) is 6.65. The summed E-state index contributed by atoms with van der Waals surface area (Å²) in [5.74, 6) is 0.626. The van der Waals surface area contributed by atoms with E-state index in [2.05, 4.69) is 15.0 Å². The van der Waals surface area contributed by atoms with Gasteiger partial charge >= 0.3 is 0 Å². The molecule has 0 saturated carbocycles. The molecule has 1 heterocycles. The van der Waals surface area contributed by atoms with Gasteiger partial charge in [0, 0.05) is 17.2 Å². The molecule has 0 fully saturated rings. The number of ether oxygens (including phenoxy) is 1. The van der Waals surface area contributed by atoms with E-state index in [9.17, 15) is 15.0 Å². The summed E-state index contributed by atoms with van der Waals surface area (Å²) in [6.07, 6.45) is 0. The van der Waals surface area contributed by atoms with Crippen LogP contribution in [0.4, 0.5) is 0 Å². The van der Waals surface area contributed by atoms with Crippen molar-refractivity contribution in [1.82, 2.24) is 15.0 Å². The zero-order chi connectivity index (χ0) is 22.0. The molecule has 3 aromatic carbocycles. The summed E-state index contributed by atoms with van der Waals surface area (Å²) in [5.41, 5.74) is 7.06. The van der Waals surface area contributed by atoms with Gasteiger partial charge in [-0.1, -0.05) is 24.3 Å². The van der Waals surface area contributed by atoms with Crippen molar-refractivity contribution in [3.8, 4) is 51.4 Å². The fourth-order valence-corrected chi connectivity index (χ4v) is 3.02. The predicted octanol–water partition coefficient (Wildman–Crippen LogP) is 3.39. The highest BCUT2D eigenvalue weighted by Crippen LogP contribution is 2.34. The number of para-hydroxylation sites is 1. The molecule has 4 N–H and O–H groups in total. The van der Waals surface area contributed by atoms with Crippen LogP contribution in [0.25, 0.3) is 34.2 Å². The van der Waals surface area contributed by atoms with Crippen LogP contribution in [0.2, 0.25) is 0 Å². The quantitative estimate of drug-likeness (QED) is 0.456. The number of rotatable bonds is 5. The third-order valence-corrected chi connectivity index (χ3v) is 4.65. The molecule has 1 amide bonds. The molecule has 0 aliphatic rings. The van der Waals surface area contributed by atoms with Crippen molar-refractivity contribution >= 4 is 5.91 Å². The van der Waals surface area contributed by atoms with Gasteiger partial charge in [-0.2, -0.15) is 0 Å². The first-order chi connectivity index (χ1) is 15.0. The van der Waals surface area contributed by atoms with E-state index in [0.717, 1.165) is 0 Å². The first-order valence-electron chi connectivity index (χ1n) is 9.28. The third kappa shape index (κ3) is 3.99. The average Bonchev–Trinajstić information content (AvgIpc) is 2.79. The van der Waals surface area contributed by atoms with Crippen LogP contribution in [0.3, 0.4) is 0 Å². The molecule has 31 heavy (non-hydrogen) atoms. The number of phenolic OH excluding ortho intramolecular Hbond substituents is 2. The molecule has 4 rings (SSSR count). The number of hydrogen-bond acceptors (Lipinski definition) is 7. The lowest BCUT2D eigenvalue weighted by atomic mass is 10.1. The summed E-state index contributed by atoms with van der Waals surface area (Å²) in [4.78, 5) is 24.8. The van der Waals surface area contributed by atoms with Crippen LogP contribution in [0.15, 0.2) is 66.7 Å². The fourth-order valence-electron chi connectivity index (χ4n) is 3.02. The minimum Gasteiger partial charge on any atom is -0.507 e. The van der Waals surface area contributed by atoms with E-state index < -0.39 is 5.91 Å². The number of benzene rings is 3. The molecule has 0 bridgehead atoms. The van der Waals surface area contributed by atoms with Crippen molar-refractivity contribution in [2.75, 3.05) is 7.11 Å². The summed E-state index contributed by atoms with van der Waals surface area (Å²) in [6.45, 7) is 0. The molecule has 154 valence electrons. The van der Waals surface area contributed by atoms with E-state index in [1.807, 2.05) is 0 Å². The highest BCUT2D eigenvalue weighted by Gasteiger charge is 2.17. The number of phenols is 2. The van der Waals surface area contributed by atoms with Crippen molar-refractivity contribution in [2.45, 2.75) is 0 Å². The predicted molar refractivity (Wildman–Crippen MR) is 115 cm³/mol. The second-order valence-electron chi connectivity index (χ2n) is 6.65. The van der Waals surface area contributed by atoms with Gasteiger partial charge in [-0.25, -0.2) is 15.0 Å².